The molecule has 3 N–H and O–H groups in total. The first-order valence-electron chi connectivity index (χ1n) is 18.3. The lowest BCUT2D eigenvalue weighted by molar-refractivity contribution is -0.149. The number of para-hydroxylation sites is 1. The Kier molecular flexibility index (Phi) is 14.2. The maximum absolute atomic E-state index is 14.8. The Morgan fingerprint density at radius 1 is 1.09 bits per heavy atom. The minimum absolute atomic E-state index is 0.0175. The number of rotatable bonds is 18. The van der Waals surface area contributed by atoms with Crippen LogP contribution in [-0.4, -0.2) is 68.2 Å². The molecular weight excluding hydrogens is 772 g/mol. The number of carbonyl (C=O) groups excluding carboxylic acids is 2. The van der Waals surface area contributed by atoms with Gasteiger partial charge in [0.1, 0.15) is 42.4 Å². The van der Waals surface area contributed by atoms with Gasteiger partial charge >= 0.3 is 25.9 Å². The molecule has 1 saturated heterocycles. The van der Waals surface area contributed by atoms with E-state index in [9.17, 15) is 27.3 Å². The molecule has 0 amide bonds. The van der Waals surface area contributed by atoms with E-state index in [0.717, 1.165) is 25.0 Å². The lowest BCUT2D eigenvalue weighted by atomic mass is 9.99. The van der Waals surface area contributed by atoms with Gasteiger partial charge in [0.15, 0.2) is 28.7 Å². The first kappa shape index (κ1) is 42.9. The fourth-order valence-electron chi connectivity index (χ4n) is 6.20. The summed E-state index contributed by atoms with van der Waals surface area (Å²) in [5.74, 6) is -0.517. The molecule has 1 aliphatic rings. The highest BCUT2D eigenvalue weighted by atomic mass is 31.2. The van der Waals surface area contributed by atoms with Crippen molar-refractivity contribution >= 4 is 36.9 Å². The molecule has 19 heteroatoms. The van der Waals surface area contributed by atoms with Crippen LogP contribution in [0.4, 0.5) is 23.8 Å². The number of fused-ring (bicyclic) bond motifs is 1. The number of benzene rings is 2. The molecule has 1 fully saturated rings. The molecule has 0 saturated carbocycles. The van der Waals surface area contributed by atoms with E-state index < -0.39 is 86.8 Å². The van der Waals surface area contributed by atoms with Gasteiger partial charge in [0.25, 0.3) is 0 Å². The van der Waals surface area contributed by atoms with Crippen molar-refractivity contribution in [3.8, 4) is 18.1 Å². The number of nitrogens with one attached hydrogen (secondary N) is 1. The molecule has 2 aromatic heterocycles. The fraction of sp³-hybridized carbons (Fsp3) is 0.447. The van der Waals surface area contributed by atoms with Crippen LogP contribution < -0.4 is 15.3 Å². The summed E-state index contributed by atoms with van der Waals surface area (Å²) in [5, 5.41) is 2.57. The number of carbonyl (C=O) groups is 2. The average molecular weight is 817 g/mol. The lowest BCUT2D eigenvalue weighted by Gasteiger charge is -2.31. The van der Waals surface area contributed by atoms with Crippen LogP contribution in [0.5, 0.6) is 5.75 Å². The summed E-state index contributed by atoms with van der Waals surface area (Å²) in [7, 11) is -4.79. The van der Waals surface area contributed by atoms with Crippen molar-refractivity contribution in [1.29, 1.82) is 0 Å². The predicted octanol–water partition coefficient (Wildman–Crippen LogP) is 6.96. The highest BCUT2D eigenvalue weighted by Crippen LogP contribution is 2.49. The summed E-state index contributed by atoms with van der Waals surface area (Å²) in [6.45, 7) is 6.22. The minimum atomic E-state index is -4.79. The van der Waals surface area contributed by atoms with E-state index >= 15 is 0 Å². The van der Waals surface area contributed by atoms with Crippen molar-refractivity contribution in [3.63, 3.8) is 0 Å². The quantitative estimate of drug-likeness (QED) is 0.0454. The molecule has 1 aliphatic heterocycles. The fourth-order valence-corrected chi connectivity index (χ4v) is 7.72. The van der Waals surface area contributed by atoms with Crippen LogP contribution in [0.2, 0.25) is 0 Å². The van der Waals surface area contributed by atoms with E-state index in [4.69, 9.17) is 40.2 Å². The number of aromatic nitrogens is 4. The molecule has 4 aromatic rings. The van der Waals surface area contributed by atoms with Gasteiger partial charge in [-0.25, -0.2) is 23.1 Å². The van der Waals surface area contributed by atoms with Gasteiger partial charge in [-0.15, -0.1) is 6.42 Å². The summed E-state index contributed by atoms with van der Waals surface area (Å²) >= 11 is 0. The van der Waals surface area contributed by atoms with Crippen LogP contribution in [0.15, 0.2) is 54.9 Å². The Bertz CT molecular complexity index is 2090. The van der Waals surface area contributed by atoms with Crippen molar-refractivity contribution in [1.82, 2.24) is 24.6 Å². The Hall–Kier alpha value is -5.21. The average Bonchev–Trinajstić information content (AvgIpc) is 3.72. The van der Waals surface area contributed by atoms with Gasteiger partial charge in [0, 0.05) is 12.5 Å². The van der Waals surface area contributed by atoms with E-state index in [1.54, 1.807) is 32.0 Å². The molecule has 5 atom stereocenters. The SMILES string of the molecule is C#C[C@]1(CO[P@@](=O)(N[C@@H](Cc2cc(F)cc(F)c2)C(=O)OC(C)C)Oc2ccccc2)O[C@@H](n2cnc3c(N)nc(F)nc32)C[C@@H]1OC(=O)OC(CCC)CCC. The number of nitrogens with two attached hydrogens (primary N) is 1. The third kappa shape index (κ3) is 11.0. The molecule has 15 nitrogen and oxygen atoms in total. The number of hydrogen-bond donors (Lipinski definition) is 2. The van der Waals surface area contributed by atoms with Crippen molar-refractivity contribution < 1.29 is 55.3 Å². The summed E-state index contributed by atoms with van der Waals surface area (Å²) < 4.78 is 94.0. The molecule has 0 spiro atoms. The zero-order chi connectivity index (χ0) is 41.3. The van der Waals surface area contributed by atoms with E-state index in [2.05, 4.69) is 26.0 Å². The molecule has 0 aliphatic carbocycles. The molecule has 0 bridgehead atoms. The van der Waals surface area contributed by atoms with Gasteiger partial charge in [-0.3, -0.25) is 13.9 Å². The zero-order valence-corrected chi connectivity index (χ0v) is 32.6. The van der Waals surface area contributed by atoms with Gasteiger partial charge in [-0.1, -0.05) is 50.8 Å². The number of anilines is 1. The van der Waals surface area contributed by atoms with Crippen LogP contribution in [0, 0.1) is 30.1 Å². The largest absolute Gasteiger partial charge is 0.508 e. The number of imidazole rings is 1. The highest BCUT2D eigenvalue weighted by Gasteiger charge is 2.54. The smallest absolute Gasteiger partial charge is 0.462 e. The number of ether oxygens (including phenoxy) is 4. The van der Waals surface area contributed by atoms with E-state index in [1.165, 1.54) is 23.0 Å². The molecule has 5 rings (SSSR count). The molecule has 3 heterocycles. The van der Waals surface area contributed by atoms with Gasteiger partial charge < -0.3 is 29.2 Å². The summed E-state index contributed by atoms with van der Waals surface area (Å²) in [6.07, 6.45) is 3.52. The van der Waals surface area contributed by atoms with Crippen molar-refractivity contribution in [3.05, 3.63) is 78.1 Å². The standard InChI is InChI=1S/C38H44F3N6O9P/c1-6-12-27(13-7-2)53-37(49)54-30-20-31(47-22-43-32-33(42)44-36(41)45-34(32)47)55-38(30,8-3)21-51-57(50,56-28-14-10-9-11-15-28)46-29(35(48)52-23(4)5)18-24-16-25(39)19-26(40)17-24/h3,9-11,14-17,19,22-23,27,29-31H,6-7,12-13,18,20-21H2,1-2,4-5H3,(H,46,50)(H2,42,44,45)/t29-,30-,31+,38+,57-/m0/s1. The van der Waals surface area contributed by atoms with Gasteiger partial charge in [-0.2, -0.15) is 19.4 Å². The highest BCUT2D eigenvalue weighted by molar-refractivity contribution is 7.52. The van der Waals surface area contributed by atoms with Crippen LogP contribution in [0.1, 0.15) is 71.6 Å². The molecule has 306 valence electrons. The van der Waals surface area contributed by atoms with E-state index in [-0.39, 0.29) is 34.7 Å². The molecular formula is C38H44F3N6O9P. The normalized spacial score (nSPS) is 19.6. The summed E-state index contributed by atoms with van der Waals surface area (Å²) in [6, 6.07) is 8.86. The number of nitrogens with zero attached hydrogens (tertiary/aromatic N) is 4. The minimum Gasteiger partial charge on any atom is -0.462 e. The van der Waals surface area contributed by atoms with Gasteiger partial charge in [-0.05, 0) is 62.9 Å². The Labute approximate surface area is 327 Å². The van der Waals surface area contributed by atoms with Crippen molar-refractivity contribution in [2.24, 2.45) is 0 Å². The molecule has 57 heavy (non-hydrogen) atoms. The Morgan fingerprint density at radius 2 is 1.77 bits per heavy atom. The number of nitrogen functional groups attached to an aromatic ring is 1. The lowest BCUT2D eigenvalue weighted by Crippen LogP contribution is -2.46. The van der Waals surface area contributed by atoms with Crippen LogP contribution >= 0.6 is 7.75 Å². The third-order valence-electron chi connectivity index (χ3n) is 8.71. The Morgan fingerprint density at radius 3 is 2.40 bits per heavy atom. The summed E-state index contributed by atoms with van der Waals surface area (Å²) in [4.78, 5) is 38.2. The van der Waals surface area contributed by atoms with Crippen LogP contribution in [0.3, 0.4) is 0 Å². The number of halogens is 3. The second-order valence-electron chi connectivity index (χ2n) is 13.5. The molecule has 2 aromatic carbocycles. The first-order valence-corrected chi connectivity index (χ1v) is 19.8. The maximum atomic E-state index is 14.8. The number of terminal acetylenes is 1. The Balaban J connectivity index is 1.51. The monoisotopic (exact) mass is 816 g/mol. The van der Waals surface area contributed by atoms with Crippen LogP contribution in [0.25, 0.3) is 11.2 Å². The first-order chi connectivity index (χ1) is 27.2. The second kappa shape index (κ2) is 18.8. The van der Waals surface area contributed by atoms with Crippen LogP contribution in [-0.2, 0) is 39.3 Å². The van der Waals surface area contributed by atoms with Gasteiger partial charge in [0.2, 0.25) is 0 Å². The van der Waals surface area contributed by atoms with Gasteiger partial charge in [0.05, 0.1) is 12.4 Å². The summed E-state index contributed by atoms with van der Waals surface area (Å²) in [5.41, 5.74) is 3.83. The predicted molar refractivity (Wildman–Crippen MR) is 200 cm³/mol. The number of hydrogen-bond acceptors (Lipinski definition) is 13. The van der Waals surface area contributed by atoms with E-state index in [0.29, 0.717) is 18.9 Å². The maximum Gasteiger partial charge on any atom is 0.508 e. The third-order valence-corrected chi connectivity index (χ3v) is 10.3. The van der Waals surface area contributed by atoms with E-state index in [1.807, 2.05) is 13.8 Å². The zero-order valence-electron chi connectivity index (χ0n) is 31.7. The van der Waals surface area contributed by atoms with Crippen molar-refractivity contribution in [2.45, 2.75) is 102 Å². The van der Waals surface area contributed by atoms with Crippen molar-refractivity contribution in [2.75, 3.05) is 12.3 Å². The number of esters is 1. The molecule has 0 unspecified atom stereocenters. The second-order valence-corrected chi connectivity index (χ2v) is 15.2. The topological polar surface area (TPSA) is 188 Å². The molecule has 0 radical (unpaired) electrons.